The van der Waals surface area contributed by atoms with Crippen LogP contribution in [-0.4, -0.2) is 11.9 Å². The normalized spacial score (nSPS) is 22.1. The second-order valence-electron chi connectivity index (χ2n) is 5.40. The number of anilines is 1. The van der Waals surface area contributed by atoms with Crippen LogP contribution in [0.15, 0.2) is 40.9 Å². The van der Waals surface area contributed by atoms with Gasteiger partial charge in [0.25, 0.3) is 0 Å². The first-order valence-electron chi connectivity index (χ1n) is 6.89. The third-order valence-electron chi connectivity index (χ3n) is 3.97. The number of nitrogens with one attached hydrogen (secondary N) is 1. The highest BCUT2D eigenvalue weighted by molar-refractivity contribution is 9.10. The van der Waals surface area contributed by atoms with Gasteiger partial charge in [-0.05, 0) is 36.8 Å². The molecule has 0 saturated heterocycles. The quantitative estimate of drug-likeness (QED) is 0.881. The summed E-state index contributed by atoms with van der Waals surface area (Å²) in [5.74, 6) is 0.137. The molecule has 3 nitrogen and oxygen atoms in total. The SMILES string of the molecule is NC1CCC(C(=O)Nc2ccc(Br)c3ccccc23)C1. The first-order chi connectivity index (χ1) is 9.65. The minimum Gasteiger partial charge on any atom is -0.328 e. The number of rotatable bonds is 2. The summed E-state index contributed by atoms with van der Waals surface area (Å²) in [6, 6.07) is 12.1. The van der Waals surface area contributed by atoms with E-state index >= 15 is 0 Å². The molecule has 0 aliphatic heterocycles. The molecule has 3 N–H and O–H groups in total. The summed E-state index contributed by atoms with van der Waals surface area (Å²) < 4.78 is 1.04. The Hall–Kier alpha value is -1.39. The molecule has 2 atom stereocenters. The van der Waals surface area contributed by atoms with Gasteiger partial charge in [-0.15, -0.1) is 0 Å². The van der Waals surface area contributed by atoms with Gasteiger partial charge in [-0.1, -0.05) is 40.2 Å². The summed E-state index contributed by atoms with van der Waals surface area (Å²) in [7, 11) is 0. The fourth-order valence-corrected chi connectivity index (χ4v) is 3.34. The van der Waals surface area contributed by atoms with Gasteiger partial charge in [-0.25, -0.2) is 0 Å². The highest BCUT2D eigenvalue weighted by atomic mass is 79.9. The maximum Gasteiger partial charge on any atom is 0.227 e. The lowest BCUT2D eigenvalue weighted by Gasteiger charge is -2.13. The zero-order valence-electron chi connectivity index (χ0n) is 11.1. The summed E-state index contributed by atoms with van der Waals surface area (Å²) in [5.41, 5.74) is 6.75. The summed E-state index contributed by atoms with van der Waals surface area (Å²) in [5, 5.41) is 5.22. The van der Waals surface area contributed by atoms with E-state index in [0.29, 0.717) is 0 Å². The number of carbonyl (C=O) groups is 1. The second kappa shape index (κ2) is 5.54. The molecule has 2 aromatic rings. The van der Waals surface area contributed by atoms with Crippen LogP contribution in [0.4, 0.5) is 5.69 Å². The van der Waals surface area contributed by atoms with E-state index in [-0.39, 0.29) is 17.9 Å². The maximum atomic E-state index is 12.3. The third kappa shape index (κ3) is 2.58. The van der Waals surface area contributed by atoms with E-state index in [1.807, 2.05) is 36.4 Å². The number of fused-ring (bicyclic) bond motifs is 1. The Bertz CT molecular complexity index is 656. The van der Waals surface area contributed by atoms with Gasteiger partial charge in [0.1, 0.15) is 0 Å². The Morgan fingerprint density at radius 2 is 1.90 bits per heavy atom. The van der Waals surface area contributed by atoms with Crippen molar-refractivity contribution in [3.05, 3.63) is 40.9 Å². The van der Waals surface area contributed by atoms with Crippen molar-refractivity contribution in [2.24, 2.45) is 11.7 Å². The number of benzene rings is 2. The van der Waals surface area contributed by atoms with Gasteiger partial charge < -0.3 is 11.1 Å². The van der Waals surface area contributed by atoms with Crippen molar-refractivity contribution in [2.75, 3.05) is 5.32 Å². The van der Waals surface area contributed by atoms with Crippen molar-refractivity contribution in [2.45, 2.75) is 25.3 Å². The maximum absolute atomic E-state index is 12.3. The van der Waals surface area contributed by atoms with Crippen LogP contribution < -0.4 is 11.1 Å². The smallest absolute Gasteiger partial charge is 0.227 e. The van der Waals surface area contributed by atoms with Crippen molar-refractivity contribution in [1.82, 2.24) is 0 Å². The Morgan fingerprint density at radius 3 is 2.60 bits per heavy atom. The van der Waals surface area contributed by atoms with Gasteiger partial charge in [0.15, 0.2) is 0 Å². The molecule has 2 unspecified atom stereocenters. The molecule has 20 heavy (non-hydrogen) atoms. The van der Waals surface area contributed by atoms with Gasteiger partial charge in [-0.3, -0.25) is 4.79 Å². The van der Waals surface area contributed by atoms with Crippen LogP contribution in [0.25, 0.3) is 10.8 Å². The summed E-state index contributed by atoms with van der Waals surface area (Å²) in [4.78, 5) is 12.3. The lowest BCUT2D eigenvalue weighted by molar-refractivity contribution is -0.119. The molecule has 1 fully saturated rings. The van der Waals surface area contributed by atoms with Crippen LogP contribution in [0.2, 0.25) is 0 Å². The third-order valence-corrected chi connectivity index (χ3v) is 4.66. The fourth-order valence-electron chi connectivity index (χ4n) is 2.86. The largest absolute Gasteiger partial charge is 0.328 e. The molecular formula is C16H17BrN2O. The predicted octanol–water partition coefficient (Wildman–Crippen LogP) is 3.67. The topological polar surface area (TPSA) is 55.1 Å². The van der Waals surface area contributed by atoms with Crippen molar-refractivity contribution in [3.8, 4) is 0 Å². The van der Waals surface area contributed by atoms with E-state index in [1.54, 1.807) is 0 Å². The monoisotopic (exact) mass is 332 g/mol. The van der Waals surface area contributed by atoms with Gasteiger partial charge >= 0.3 is 0 Å². The number of halogens is 1. The standard InChI is InChI=1S/C16H17BrN2O/c17-14-7-8-15(13-4-2-1-3-12(13)14)19-16(20)10-5-6-11(18)9-10/h1-4,7-8,10-11H,5-6,9,18H2,(H,19,20). The zero-order valence-corrected chi connectivity index (χ0v) is 12.7. The minimum absolute atomic E-state index is 0.0485. The molecule has 2 aromatic carbocycles. The van der Waals surface area contributed by atoms with Crippen molar-refractivity contribution in [3.63, 3.8) is 0 Å². The van der Waals surface area contributed by atoms with Crippen LogP contribution in [0.5, 0.6) is 0 Å². The number of amides is 1. The highest BCUT2D eigenvalue weighted by Gasteiger charge is 2.27. The Labute approximate surface area is 126 Å². The number of hydrogen-bond donors (Lipinski definition) is 2. The van der Waals surface area contributed by atoms with Gasteiger partial charge in [0, 0.05) is 27.5 Å². The summed E-state index contributed by atoms with van der Waals surface area (Å²) in [6.45, 7) is 0. The molecule has 3 rings (SSSR count). The molecule has 1 amide bonds. The van der Waals surface area contributed by atoms with Crippen LogP contribution in [0, 0.1) is 5.92 Å². The number of hydrogen-bond acceptors (Lipinski definition) is 2. The molecule has 104 valence electrons. The van der Waals surface area contributed by atoms with Gasteiger partial charge in [0.2, 0.25) is 5.91 Å². The van der Waals surface area contributed by atoms with Crippen molar-refractivity contribution < 1.29 is 4.79 Å². The lowest BCUT2D eigenvalue weighted by atomic mass is 10.1. The molecule has 1 saturated carbocycles. The van der Waals surface area contributed by atoms with E-state index in [0.717, 1.165) is 40.2 Å². The first kappa shape index (κ1) is 13.6. The molecule has 0 aromatic heterocycles. The summed E-state index contributed by atoms with van der Waals surface area (Å²) >= 11 is 3.54. The number of carbonyl (C=O) groups excluding carboxylic acids is 1. The van der Waals surface area contributed by atoms with Crippen LogP contribution in [-0.2, 0) is 4.79 Å². The first-order valence-corrected chi connectivity index (χ1v) is 7.68. The minimum atomic E-state index is 0.0485. The van der Waals surface area contributed by atoms with Gasteiger partial charge in [0.05, 0.1) is 0 Å². The van der Waals surface area contributed by atoms with Crippen LogP contribution in [0.1, 0.15) is 19.3 Å². The Kier molecular flexibility index (Phi) is 3.76. The summed E-state index contributed by atoms with van der Waals surface area (Å²) in [6.07, 6.45) is 2.63. The fraction of sp³-hybridized carbons (Fsp3) is 0.312. The molecule has 0 heterocycles. The Balaban J connectivity index is 1.88. The van der Waals surface area contributed by atoms with E-state index in [4.69, 9.17) is 5.73 Å². The molecule has 1 aliphatic rings. The van der Waals surface area contributed by atoms with E-state index in [9.17, 15) is 4.79 Å². The molecule has 4 heteroatoms. The van der Waals surface area contributed by atoms with Crippen molar-refractivity contribution >= 4 is 38.3 Å². The Morgan fingerprint density at radius 1 is 1.15 bits per heavy atom. The molecular weight excluding hydrogens is 316 g/mol. The van der Waals surface area contributed by atoms with E-state index in [2.05, 4.69) is 21.2 Å². The van der Waals surface area contributed by atoms with Crippen LogP contribution in [0.3, 0.4) is 0 Å². The molecule has 0 spiro atoms. The van der Waals surface area contributed by atoms with E-state index in [1.165, 1.54) is 0 Å². The van der Waals surface area contributed by atoms with Gasteiger partial charge in [-0.2, -0.15) is 0 Å². The van der Waals surface area contributed by atoms with Crippen LogP contribution >= 0.6 is 15.9 Å². The van der Waals surface area contributed by atoms with Crippen molar-refractivity contribution in [1.29, 1.82) is 0 Å². The average molecular weight is 333 g/mol. The molecule has 1 aliphatic carbocycles. The molecule has 0 radical (unpaired) electrons. The van der Waals surface area contributed by atoms with E-state index < -0.39 is 0 Å². The highest BCUT2D eigenvalue weighted by Crippen LogP contribution is 2.31. The number of nitrogens with two attached hydrogens (primary N) is 1. The molecule has 0 bridgehead atoms. The average Bonchev–Trinajstić information content (AvgIpc) is 2.89. The second-order valence-corrected chi connectivity index (χ2v) is 6.25. The predicted molar refractivity (Wildman–Crippen MR) is 85.6 cm³/mol. The zero-order chi connectivity index (χ0) is 14.1. The lowest BCUT2D eigenvalue weighted by Crippen LogP contribution is -2.23.